The minimum absolute atomic E-state index is 0.0114. The van der Waals surface area contributed by atoms with Crippen LogP contribution in [0.1, 0.15) is 17.0 Å². The number of amides is 1. The molecule has 2 N–H and O–H groups in total. The molecule has 0 radical (unpaired) electrons. The van der Waals surface area contributed by atoms with Gasteiger partial charge in [0.1, 0.15) is 0 Å². The molecule has 4 rings (SSSR count). The Labute approximate surface area is 170 Å². The normalized spacial score (nSPS) is 12.6. The molecule has 2 heterocycles. The fourth-order valence-corrected chi connectivity index (χ4v) is 2.93. The number of anilines is 1. The van der Waals surface area contributed by atoms with Gasteiger partial charge in [0.15, 0.2) is 5.76 Å². The maximum Gasteiger partial charge on any atom is 0.366 e. The second-order valence-corrected chi connectivity index (χ2v) is 6.57. The summed E-state index contributed by atoms with van der Waals surface area (Å²) in [5.41, 5.74) is -1.32. The van der Waals surface area contributed by atoms with Gasteiger partial charge in [0, 0.05) is 16.6 Å². The number of rotatable bonds is 3. The van der Waals surface area contributed by atoms with Gasteiger partial charge in [-0.3, -0.25) is 4.79 Å². The van der Waals surface area contributed by atoms with Gasteiger partial charge in [-0.05, 0) is 55.3 Å². The van der Waals surface area contributed by atoms with Crippen LogP contribution in [0.2, 0.25) is 0 Å². The van der Waals surface area contributed by atoms with E-state index in [2.05, 4.69) is 22.3 Å². The number of hydrogen-bond acceptors (Lipinski definition) is 6. The minimum atomic E-state index is -2.22. The number of aromatic nitrogens is 1. The first-order valence-electron chi connectivity index (χ1n) is 9.04. The van der Waals surface area contributed by atoms with Crippen molar-refractivity contribution in [1.29, 1.82) is 0 Å². The van der Waals surface area contributed by atoms with Crippen molar-refractivity contribution in [2.75, 3.05) is 5.32 Å². The number of furan rings is 1. The molecule has 0 fully saturated rings. The molecule has 0 aliphatic rings. The smallest absolute Gasteiger partial charge is 0.366 e. The fraction of sp³-hybridized carbons (Fsp3) is 0.0870. The number of aryl methyl sites for hydroxylation is 1. The van der Waals surface area contributed by atoms with Crippen LogP contribution >= 0.6 is 0 Å². The van der Waals surface area contributed by atoms with Crippen LogP contribution in [0.4, 0.5) is 5.69 Å². The van der Waals surface area contributed by atoms with Gasteiger partial charge in [-0.2, -0.15) is 0 Å². The summed E-state index contributed by atoms with van der Waals surface area (Å²) in [6.07, 6.45) is 1.35. The van der Waals surface area contributed by atoms with Gasteiger partial charge in [-0.1, -0.05) is 29.3 Å². The number of nitrogens with zero attached hydrogens (tertiary/aromatic N) is 1. The van der Waals surface area contributed by atoms with Crippen LogP contribution in [0.5, 0.6) is 0 Å². The number of fused-ring (bicyclic) bond motifs is 1. The predicted molar refractivity (Wildman–Crippen MR) is 110 cm³/mol. The van der Waals surface area contributed by atoms with E-state index in [4.69, 9.17) is 8.94 Å². The summed E-state index contributed by atoms with van der Waals surface area (Å²) in [5.74, 6) is 4.61. The summed E-state index contributed by atoms with van der Waals surface area (Å²) in [4.78, 5) is 24.8. The van der Waals surface area contributed by atoms with Gasteiger partial charge >= 0.3 is 5.63 Å². The summed E-state index contributed by atoms with van der Waals surface area (Å²) in [7, 11) is 0. The highest BCUT2D eigenvalue weighted by molar-refractivity contribution is 6.01. The molecule has 0 saturated heterocycles. The lowest BCUT2D eigenvalue weighted by Crippen LogP contribution is -2.38. The van der Waals surface area contributed by atoms with Crippen molar-refractivity contribution in [2.45, 2.75) is 12.5 Å². The Bertz CT molecular complexity index is 1330. The summed E-state index contributed by atoms with van der Waals surface area (Å²) in [5, 5.41) is 18.3. The van der Waals surface area contributed by atoms with Crippen LogP contribution in [0.3, 0.4) is 0 Å². The largest absolute Gasteiger partial charge is 0.465 e. The molecule has 0 aliphatic heterocycles. The van der Waals surface area contributed by atoms with Crippen LogP contribution in [0.15, 0.2) is 80.7 Å². The van der Waals surface area contributed by atoms with Crippen LogP contribution in [0.25, 0.3) is 10.8 Å². The van der Waals surface area contributed by atoms with E-state index in [0.717, 1.165) is 0 Å². The Hall–Kier alpha value is -4.15. The molecule has 0 bridgehead atoms. The first kappa shape index (κ1) is 19.2. The fourth-order valence-electron chi connectivity index (χ4n) is 2.93. The molecular weight excluding hydrogens is 384 g/mol. The Morgan fingerprint density at radius 2 is 1.90 bits per heavy atom. The summed E-state index contributed by atoms with van der Waals surface area (Å²) < 4.78 is 9.98. The van der Waals surface area contributed by atoms with Crippen molar-refractivity contribution >= 4 is 22.4 Å². The molecule has 1 unspecified atom stereocenters. The molecule has 2 aromatic carbocycles. The third-order valence-electron chi connectivity index (χ3n) is 4.52. The number of aliphatic hydroxyl groups is 1. The highest BCUT2D eigenvalue weighted by Crippen LogP contribution is 2.25. The highest BCUT2D eigenvalue weighted by Gasteiger charge is 2.39. The van der Waals surface area contributed by atoms with Gasteiger partial charge in [0.25, 0.3) is 11.5 Å². The van der Waals surface area contributed by atoms with Crippen molar-refractivity contribution in [3.05, 3.63) is 94.4 Å². The number of nitrogens with one attached hydrogen (secondary N) is 1. The lowest BCUT2D eigenvalue weighted by atomic mass is 9.99. The van der Waals surface area contributed by atoms with E-state index in [1.165, 1.54) is 24.5 Å². The first-order chi connectivity index (χ1) is 14.5. The zero-order valence-corrected chi connectivity index (χ0v) is 15.9. The number of carbonyl (C=O) groups is 1. The second kappa shape index (κ2) is 7.70. The lowest BCUT2D eigenvalue weighted by molar-refractivity contribution is -0.130. The Kier molecular flexibility index (Phi) is 4.92. The van der Waals surface area contributed by atoms with Crippen molar-refractivity contribution in [1.82, 2.24) is 5.16 Å². The standard InChI is InChI=1S/C23H16N2O5/c1-15-19-14-17(9-10-18(19)21(26)30-25-15)24-22(27)23(28,20-8-5-13-29-20)12-11-16-6-3-2-4-7-16/h2-10,13-14,28H,1H3,(H,24,27). The van der Waals surface area contributed by atoms with E-state index >= 15 is 0 Å². The van der Waals surface area contributed by atoms with Crippen molar-refractivity contribution < 1.29 is 18.8 Å². The second-order valence-electron chi connectivity index (χ2n) is 6.57. The minimum Gasteiger partial charge on any atom is -0.465 e. The maximum atomic E-state index is 13.0. The summed E-state index contributed by atoms with van der Waals surface area (Å²) in [6.45, 7) is 1.68. The summed E-state index contributed by atoms with van der Waals surface area (Å²) in [6, 6.07) is 16.6. The zero-order chi connectivity index (χ0) is 21.1. The highest BCUT2D eigenvalue weighted by atomic mass is 16.5. The van der Waals surface area contributed by atoms with E-state index < -0.39 is 17.1 Å². The van der Waals surface area contributed by atoms with Gasteiger partial charge in [0.2, 0.25) is 0 Å². The van der Waals surface area contributed by atoms with Crippen LogP contribution in [-0.4, -0.2) is 16.2 Å². The molecule has 2 aromatic heterocycles. The van der Waals surface area contributed by atoms with E-state index in [9.17, 15) is 14.7 Å². The van der Waals surface area contributed by atoms with Gasteiger partial charge in [-0.15, -0.1) is 0 Å². The predicted octanol–water partition coefficient (Wildman–Crippen LogP) is 2.97. The van der Waals surface area contributed by atoms with E-state index in [1.807, 2.05) is 6.07 Å². The SMILES string of the molecule is Cc1noc(=O)c2ccc(NC(=O)C(O)(C#Cc3ccccc3)c3ccco3)cc12. The van der Waals surface area contributed by atoms with Crippen molar-refractivity contribution in [3.8, 4) is 11.8 Å². The molecule has 4 aromatic rings. The zero-order valence-electron chi connectivity index (χ0n) is 15.9. The van der Waals surface area contributed by atoms with Crippen LogP contribution in [0, 0.1) is 18.8 Å². The Morgan fingerprint density at radius 1 is 1.10 bits per heavy atom. The lowest BCUT2D eigenvalue weighted by Gasteiger charge is -2.19. The molecule has 0 aliphatic carbocycles. The average Bonchev–Trinajstić information content (AvgIpc) is 3.31. The molecule has 30 heavy (non-hydrogen) atoms. The third kappa shape index (κ3) is 3.60. The molecular formula is C23H16N2O5. The van der Waals surface area contributed by atoms with Crippen molar-refractivity contribution in [2.24, 2.45) is 0 Å². The van der Waals surface area contributed by atoms with Gasteiger partial charge < -0.3 is 19.4 Å². The maximum absolute atomic E-state index is 13.0. The molecule has 7 nitrogen and oxygen atoms in total. The van der Waals surface area contributed by atoms with E-state index in [1.54, 1.807) is 43.3 Å². The monoisotopic (exact) mass is 400 g/mol. The summed E-state index contributed by atoms with van der Waals surface area (Å²) >= 11 is 0. The molecule has 148 valence electrons. The Balaban J connectivity index is 1.71. The van der Waals surface area contributed by atoms with Crippen LogP contribution in [-0.2, 0) is 10.4 Å². The topological polar surface area (TPSA) is 106 Å². The Morgan fingerprint density at radius 3 is 2.63 bits per heavy atom. The van der Waals surface area contributed by atoms with Crippen molar-refractivity contribution in [3.63, 3.8) is 0 Å². The van der Waals surface area contributed by atoms with Gasteiger partial charge in [-0.25, -0.2) is 4.79 Å². The number of carbonyl (C=O) groups excluding carboxylic acids is 1. The first-order valence-corrected chi connectivity index (χ1v) is 9.04. The third-order valence-corrected chi connectivity index (χ3v) is 4.52. The molecule has 1 atom stereocenters. The molecule has 0 saturated carbocycles. The van der Waals surface area contributed by atoms with E-state index in [-0.39, 0.29) is 5.76 Å². The molecule has 1 amide bonds. The quantitative estimate of drug-likeness (QED) is 0.512. The number of hydrogen-bond donors (Lipinski definition) is 2. The molecule has 7 heteroatoms. The van der Waals surface area contributed by atoms with Crippen LogP contribution < -0.4 is 10.9 Å². The number of benzene rings is 2. The average molecular weight is 400 g/mol. The van der Waals surface area contributed by atoms with E-state index in [0.29, 0.717) is 27.7 Å². The molecule has 0 spiro atoms. The van der Waals surface area contributed by atoms with Gasteiger partial charge in [0.05, 0.1) is 17.3 Å².